The van der Waals surface area contributed by atoms with Gasteiger partial charge in [-0.2, -0.15) is 0 Å². The van der Waals surface area contributed by atoms with Gasteiger partial charge in [0.15, 0.2) is 0 Å². The molecule has 21 heavy (non-hydrogen) atoms. The molecule has 1 aliphatic heterocycles. The number of fused-ring (bicyclic) bond motifs is 1. The highest BCUT2D eigenvalue weighted by Crippen LogP contribution is 2.36. The lowest BCUT2D eigenvalue weighted by Crippen LogP contribution is -2.35. The maximum absolute atomic E-state index is 12.0. The van der Waals surface area contributed by atoms with Gasteiger partial charge < -0.3 is 15.5 Å². The Balaban J connectivity index is 1.80. The molecule has 114 valence electrons. The number of anilines is 1. The molecule has 0 unspecified atom stereocenters. The van der Waals surface area contributed by atoms with Gasteiger partial charge in [-0.3, -0.25) is 9.59 Å². The van der Waals surface area contributed by atoms with Crippen molar-refractivity contribution in [3.05, 3.63) is 24.3 Å². The van der Waals surface area contributed by atoms with Gasteiger partial charge >= 0.3 is 0 Å². The molecule has 0 bridgehead atoms. The predicted octanol–water partition coefficient (Wildman–Crippen LogP) is 1.56. The number of thioether (sulfide) groups is 1. The fourth-order valence-electron chi connectivity index (χ4n) is 2.09. The lowest BCUT2D eigenvalue weighted by atomic mass is 10.2. The highest BCUT2D eigenvalue weighted by Gasteiger charge is 2.28. The van der Waals surface area contributed by atoms with E-state index in [1.54, 1.807) is 0 Å². The van der Waals surface area contributed by atoms with Crippen LogP contribution in [0.15, 0.2) is 29.2 Å². The zero-order valence-corrected chi connectivity index (χ0v) is 13.2. The number of nitrogens with one attached hydrogen (secondary N) is 2. The number of benzene rings is 1. The van der Waals surface area contributed by atoms with Crippen LogP contribution in [0, 0.1) is 0 Å². The molecule has 0 saturated heterocycles. The second kappa shape index (κ2) is 7.47. The molecule has 5 nitrogen and oxygen atoms in total. The second-order valence-corrected chi connectivity index (χ2v) is 6.55. The summed E-state index contributed by atoms with van der Waals surface area (Å²) in [7, 11) is 4.00. The van der Waals surface area contributed by atoms with Gasteiger partial charge in [0.05, 0.1) is 10.9 Å². The van der Waals surface area contributed by atoms with Crippen LogP contribution < -0.4 is 10.6 Å². The van der Waals surface area contributed by atoms with Crippen LogP contribution in [0.25, 0.3) is 0 Å². The second-order valence-electron chi connectivity index (χ2n) is 5.30. The Morgan fingerprint density at radius 2 is 2.14 bits per heavy atom. The van der Waals surface area contributed by atoms with Crippen molar-refractivity contribution in [2.24, 2.45) is 0 Å². The van der Waals surface area contributed by atoms with E-state index >= 15 is 0 Å². The highest BCUT2D eigenvalue weighted by atomic mass is 32.2. The third-order valence-electron chi connectivity index (χ3n) is 3.18. The molecular formula is C15H21N3O2S. The lowest BCUT2D eigenvalue weighted by molar-refractivity contribution is -0.124. The number of hydrogen-bond donors (Lipinski definition) is 2. The quantitative estimate of drug-likeness (QED) is 0.783. The van der Waals surface area contributed by atoms with Crippen LogP contribution in [0.2, 0.25) is 0 Å². The zero-order chi connectivity index (χ0) is 15.2. The molecule has 1 atom stereocenters. The van der Waals surface area contributed by atoms with E-state index in [1.807, 2.05) is 38.4 Å². The van der Waals surface area contributed by atoms with E-state index in [0.717, 1.165) is 23.5 Å². The monoisotopic (exact) mass is 307 g/mol. The molecule has 0 saturated carbocycles. The minimum absolute atomic E-state index is 0.0687. The molecule has 0 fully saturated rings. The summed E-state index contributed by atoms with van der Waals surface area (Å²) < 4.78 is 0. The Bertz CT molecular complexity index is 519. The number of hydrogen-bond acceptors (Lipinski definition) is 4. The molecule has 6 heteroatoms. The summed E-state index contributed by atoms with van der Waals surface area (Å²) in [5.74, 6) is -0.164. The topological polar surface area (TPSA) is 61.4 Å². The minimum atomic E-state index is -0.353. The van der Waals surface area contributed by atoms with Gasteiger partial charge in [-0.15, -0.1) is 11.8 Å². The van der Waals surface area contributed by atoms with E-state index in [9.17, 15) is 9.59 Å². The van der Waals surface area contributed by atoms with Gasteiger partial charge in [-0.05, 0) is 39.2 Å². The van der Waals surface area contributed by atoms with E-state index in [0.29, 0.717) is 6.54 Å². The SMILES string of the molecule is CN(C)CCCNC(=O)C[C@H]1Sc2ccccc2NC1=O. The Hall–Kier alpha value is -1.53. The highest BCUT2D eigenvalue weighted by molar-refractivity contribution is 8.01. The molecule has 2 amide bonds. The van der Waals surface area contributed by atoms with Gasteiger partial charge in [-0.1, -0.05) is 12.1 Å². The third-order valence-corrected chi connectivity index (χ3v) is 4.46. The standard InChI is InChI=1S/C15H21N3O2S/c1-18(2)9-5-8-16-14(19)10-13-15(20)17-11-6-3-4-7-12(11)21-13/h3-4,6-7,13H,5,8-10H2,1-2H3,(H,16,19)(H,17,20)/t13-/m1/s1. The molecule has 2 rings (SSSR count). The summed E-state index contributed by atoms with van der Waals surface area (Å²) in [6, 6.07) is 7.65. The largest absolute Gasteiger partial charge is 0.356 e. The van der Waals surface area contributed by atoms with Crippen LogP contribution >= 0.6 is 11.8 Å². The van der Waals surface area contributed by atoms with Crippen LogP contribution in [0.5, 0.6) is 0 Å². The van der Waals surface area contributed by atoms with Crippen molar-refractivity contribution in [2.75, 3.05) is 32.5 Å². The van der Waals surface area contributed by atoms with Gasteiger partial charge in [0.25, 0.3) is 0 Å². The molecule has 0 aliphatic carbocycles. The van der Waals surface area contributed by atoms with Crippen molar-refractivity contribution in [3.63, 3.8) is 0 Å². The Labute approximate surface area is 129 Å². The fourth-order valence-corrected chi connectivity index (χ4v) is 3.20. The predicted molar refractivity (Wildman–Crippen MR) is 85.5 cm³/mol. The molecule has 1 heterocycles. The molecule has 2 N–H and O–H groups in total. The van der Waals surface area contributed by atoms with Crippen molar-refractivity contribution >= 4 is 29.3 Å². The van der Waals surface area contributed by atoms with Crippen molar-refractivity contribution < 1.29 is 9.59 Å². The maximum atomic E-state index is 12.0. The van der Waals surface area contributed by atoms with Crippen LogP contribution in [0.3, 0.4) is 0 Å². The fraction of sp³-hybridized carbons (Fsp3) is 0.467. The molecule has 1 aromatic rings. The molecule has 0 aromatic heterocycles. The van der Waals surface area contributed by atoms with Crippen LogP contribution in [-0.4, -0.2) is 49.1 Å². The minimum Gasteiger partial charge on any atom is -0.356 e. The number of nitrogens with zero attached hydrogens (tertiary/aromatic N) is 1. The summed E-state index contributed by atoms with van der Waals surface area (Å²) in [4.78, 5) is 27.0. The van der Waals surface area contributed by atoms with Crippen molar-refractivity contribution in [1.29, 1.82) is 0 Å². The molecule has 1 aromatic carbocycles. The lowest BCUT2D eigenvalue weighted by Gasteiger charge is -2.23. The Morgan fingerprint density at radius 3 is 2.90 bits per heavy atom. The first-order valence-corrected chi connectivity index (χ1v) is 7.92. The number of carbonyl (C=O) groups is 2. The van der Waals surface area contributed by atoms with Gasteiger partial charge in [-0.25, -0.2) is 0 Å². The average Bonchev–Trinajstić information content (AvgIpc) is 2.44. The van der Waals surface area contributed by atoms with E-state index in [-0.39, 0.29) is 23.5 Å². The normalized spacial score (nSPS) is 17.3. The molecule has 0 radical (unpaired) electrons. The van der Waals surface area contributed by atoms with E-state index in [2.05, 4.69) is 15.5 Å². The zero-order valence-electron chi connectivity index (χ0n) is 12.4. The Kier molecular flexibility index (Phi) is 5.64. The third kappa shape index (κ3) is 4.75. The van der Waals surface area contributed by atoms with Crippen LogP contribution in [-0.2, 0) is 9.59 Å². The first kappa shape index (κ1) is 15.9. The molecule has 1 aliphatic rings. The molecular weight excluding hydrogens is 286 g/mol. The van der Waals surface area contributed by atoms with E-state index in [1.165, 1.54) is 11.8 Å². The average molecular weight is 307 g/mol. The summed E-state index contributed by atoms with van der Waals surface area (Å²) in [5.41, 5.74) is 0.829. The smallest absolute Gasteiger partial charge is 0.238 e. The Morgan fingerprint density at radius 1 is 1.38 bits per heavy atom. The number of amides is 2. The number of carbonyl (C=O) groups excluding carboxylic acids is 2. The number of rotatable bonds is 6. The van der Waals surface area contributed by atoms with Gasteiger partial charge in [0.1, 0.15) is 0 Å². The van der Waals surface area contributed by atoms with Crippen molar-refractivity contribution in [2.45, 2.75) is 23.0 Å². The van der Waals surface area contributed by atoms with E-state index < -0.39 is 0 Å². The van der Waals surface area contributed by atoms with E-state index in [4.69, 9.17) is 0 Å². The maximum Gasteiger partial charge on any atom is 0.238 e. The van der Waals surface area contributed by atoms with Crippen LogP contribution in [0.1, 0.15) is 12.8 Å². The number of para-hydroxylation sites is 1. The van der Waals surface area contributed by atoms with Gasteiger partial charge in [0, 0.05) is 17.9 Å². The first-order valence-electron chi connectivity index (χ1n) is 7.04. The summed E-state index contributed by atoms with van der Waals surface area (Å²) in [5, 5.41) is 5.37. The first-order chi connectivity index (χ1) is 10.1. The summed E-state index contributed by atoms with van der Waals surface area (Å²) in [6.45, 7) is 1.58. The van der Waals surface area contributed by atoms with Crippen molar-refractivity contribution in [3.8, 4) is 0 Å². The molecule has 0 spiro atoms. The van der Waals surface area contributed by atoms with Crippen molar-refractivity contribution in [1.82, 2.24) is 10.2 Å². The summed E-state index contributed by atoms with van der Waals surface area (Å²) >= 11 is 1.46. The summed E-state index contributed by atoms with van der Waals surface area (Å²) in [6.07, 6.45) is 1.12. The van der Waals surface area contributed by atoms with Gasteiger partial charge in [0.2, 0.25) is 11.8 Å². The van der Waals surface area contributed by atoms with Crippen LogP contribution in [0.4, 0.5) is 5.69 Å².